The summed E-state index contributed by atoms with van der Waals surface area (Å²) in [6, 6.07) is 9.71. The predicted octanol–water partition coefficient (Wildman–Crippen LogP) is 3.10. The molecule has 2 aromatic rings. The second-order valence-electron chi connectivity index (χ2n) is 4.53. The minimum Gasteiger partial charge on any atom is -0.487 e. The van der Waals surface area contributed by atoms with Gasteiger partial charge in [0.1, 0.15) is 35.5 Å². The van der Waals surface area contributed by atoms with E-state index in [9.17, 15) is 5.26 Å². The first-order valence-corrected chi connectivity index (χ1v) is 7.62. The molecule has 0 fully saturated rings. The van der Waals surface area contributed by atoms with Gasteiger partial charge in [-0.1, -0.05) is 30.0 Å². The van der Waals surface area contributed by atoms with Crippen LogP contribution < -0.4 is 10.5 Å². The number of hydrogen-bond acceptors (Lipinski definition) is 6. The third-order valence-corrected chi connectivity index (χ3v) is 3.64. The van der Waals surface area contributed by atoms with E-state index in [-0.39, 0.29) is 18.0 Å². The predicted molar refractivity (Wildman–Crippen MR) is 87.6 cm³/mol. The molecule has 0 saturated carbocycles. The first-order valence-electron chi connectivity index (χ1n) is 6.63. The second kappa shape index (κ2) is 7.48. The van der Waals surface area contributed by atoms with Gasteiger partial charge in [-0.25, -0.2) is 9.97 Å². The van der Waals surface area contributed by atoms with Crippen molar-refractivity contribution in [3.05, 3.63) is 53.7 Å². The molecule has 2 N–H and O–H groups in total. The Labute approximate surface area is 133 Å². The summed E-state index contributed by atoms with van der Waals surface area (Å²) in [5.41, 5.74) is 7.68. The van der Waals surface area contributed by atoms with Gasteiger partial charge in [0.25, 0.3) is 0 Å². The van der Waals surface area contributed by atoms with Crippen LogP contribution in [0.25, 0.3) is 0 Å². The van der Waals surface area contributed by atoms with E-state index in [4.69, 9.17) is 10.5 Å². The lowest BCUT2D eigenvalue weighted by molar-refractivity contribution is 0.299. The van der Waals surface area contributed by atoms with Crippen molar-refractivity contribution < 1.29 is 4.74 Å². The van der Waals surface area contributed by atoms with Crippen molar-refractivity contribution in [2.24, 2.45) is 0 Å². The zero-order valence-electron chi connectivity index (χ0n) is 12.2. The Kier molecular flexibility index (Phi) is 5.39. The molecule has 0 aliphatic heterocycles. The van der Waals surface area contributed by atoms with Gasteiger partial charge < -0.3 is 10.5 Å². The van der Waals surface area contributed by atoms with Crippen LogP contribution in [-0.2, 0) is 6.61 Å². The van der Waals surface area contributed by atoms with Crippen molar-refractivity contribution in [3.8, 4) is 11.8 Å². The fourth-order valence-corrected chi connectivity index (χ4v) is 2.39. The molecule has 1 heterocycles. The first kappa shape index (κ1) is 15.9. The average molecular weight is 312 g/mol. The van der Waals surface area contributed by atoms with Crippen LogP contribution in [0.4, 0.5) is 5.82 Å². The summed E-state index contributed by atoms with van der Waals surface area (Å²) in [6.45, 7) is 5.81. The van der Waals surface area contributed by atoms with Crippen LogP contribution in [0.3, 0.4) is 0 Å². The van der Waals surface area contributed by atoms with Crippen molar-refractivity contribution >= 4 is 17.6 Å². The molecule has 112 valence electrons. The zero-order chi connectivity index (χ0) is 15.9. The standard InChI is InChI=1S/C16H16N4OS/c1-3-7-22-16-19-14(13(9-17)15(18)20-16)10-21-12-6-4-5-11(2)8-12/h3-6,8H,1,7,10H2,2H3,(H2,18,19,20). The second-order valence-corrected chi connectivity index (χ2v) is 5.52. The Hall–Kier alpha value is -2.52. The normalized spacial score (nSPS) is 10.0. The lowest BCUT2D eigenvalue weighted by atomic mass is 10.2. The van der Waals surface area contributed by atoms with Gasteiger partial charge in [0.2, 0.25) is 0 Å². The van der Waals surface area contributed by atoms with Crippen molar-refractivity contribution in [1.29, 1.82) is 5.26 Å². The molecule has 0 atom stereocenters. The highest BCUT2D eigenvalue weighted by Gasteiger charge is 2.13. The molecule has 0 saturated heterocycles. The number of aryl methyl sites for hydroxylation is 1. The molecule has 2 rings (SSSR count). The van der Waals surface area contributed by atoms with Gasteiger partial charge >= 0.3 is 0 Å². The highest BCUT2D eigenvalue weighted by atomic mass is 32.2. The van der Waals surface area contributed by atoms with Crippen LogP contribution in [0.5, 0.6) is 5.75 Å². The fourth-order valence-electron chi connectivity index (χ4n) is 1.78. The third kappa shape index (κ3) is 3.99. The Bertz CT molecular complexity index is 725. The number of nitrogens with two attached hydrogens (primary N) is 1. The summed E-state index contributed by atoms with van der Waals surface area (Å²) < 4.78 is 5.70. The molecular formula is C16H16N4OS. The Morgan fingerprint density at radius 3 is 2.95 bits per heavy atom. The summed E-state index contributed by atoms with van der Waals surface area (Å²) >= 11 is 1.41. The van der Waals surface area contributed by atoms with E-state index in [1.54, 1.807) is 6.08 Å². The van der Waals surface area contributed by atoms with E-state index in [1.165, 1.54) is 11.8 Å². The van der Waals surface area contributed by atoms with Gasteiger partial charge in [-0.2, -0.15) is 5.26 Å². The van der Waals surface area contributed by atoms with Gasteiger partial charge in [-0.3, -0.25) is 0 Å². The van der Waals surface area contributed by atoms with Crippen molar-refractivity contribution in [2.75, 3.05) is 11.5 Å². The van der Waals surface area contributed by atoms with E-state index in [0.29, 0.717) is 16.6 Å². The monoisotopic (exact) mass is 312 g/mol. The average Bonchev–Trinajstić information content (AvgIpc) is 2.50. The number of hydrogen-bond donors (Lipinski definition) is 1. The van der Waals surface area contributed by atoms with Crippen molar-refractivity contribution in [1.82, 2.24) is 9.97 Å². The first-order chi connectivity index (χ1) is 10.6. The zero-order valence-corrected chi connectivity index (χ0v) is 13.1. The Balaban J connectivity index is 2.22. The molecule has 6 heteroatoms. The van der Waals surface area contributed by atoms with Crippen molar-refractivity contribution in [2.45, 2.75) is 18.7 Å². The molecule has 0 spiro atoms. The van der Waals surface area contributed by atoms with Gasteiger partial charge in [0.05, 0.1) is 0 Å². The SMILES string of the molecule is C=CCSc1nc(N)c(C#N)c(COc2cccc(C)c2)n1. The molecule has 22 heavy (non-hydrogen) atoms. The Morgan fingerprint density at radius 1 is 1.45 bits per heavy atom. The quantitative estimate of drug-likeness (QED) is 0.501. The van der Waals surface area contributed by atoms with Crippen LogP contribution in [0.1, 0.15) is 16.8 Å². The minimum absolute atomic E-state index is 0.167. The molecule has 0 radical (unpaired) electrons. The van der Waals surface area contributed by atoms with E-state index < -0.39 is 0 Å². The van der Waals surface area contributed by atoms with E-state index in [0.717, 1.165) is 11.3 Å². The highest BCUT2D eigenvalue weighted by molar-refractivity contribution is 7.99. The largest absolute Gasteiger partial charge is 0.487 e. The Morgan fingerprint density at radius 2 is 2.27 bits per heavy atom. The summed E-state index contributed by atoms with van der Waals surface area (Å²) in [4.78, 5) is 8.47. The minimum atomic E-state index is 0.167. The number of nitrogens with zero attached hydrogens (tertiary/aromatic N) is 3. The van der Waals surface area contributed by atoms with E-state index in [2.05, 4.69) is 16.5 Å². The third-order valence-electron chi connectivity index (χ3n) is 2.80. The lowest BCUT2D eigenvalue weighted by Gasteiger charge is -2.10. The number of ether oxygens (including phenoxy) is 1. The number of nitriles is 1. The maximum absolute atomic E-state index is 9.22. The van der Waals surface area contributed by atoms with Crippen molar-refractivity contribution in [3.63, 3.8) is 0 Å². The number of thioether (sulfide) groups is 1. The number of nitrogen functional groups attached to an aromatic ring is 1. The molecule has 0 bridgehead atoms. The molecule has 1 aromatic carbocycles. The van der Waals surface area contributed by atoms with Crippen LogP contribution in [0, 0.1) is 18.3 Å². The number of aromatic nitrogens is 2. The van der Waals surface area contributed by atoms with E-state index >= 15 is 0 Å². The van der Waals surface area contributed by atoms with Crippen LogP contribution in [0.15, 0.2) is 42.1 Å². The summed E-state index contributed by atoms with van der Waals surface area (Å²) in [5.74, 6) is 1.57. The molecular weight excluding hydrogens is 296 g/mol. The molecule has 0 aliphatic carbocycles. The molecule has 0 amide bonds. The van der Waals surface area contributed by atoms with Crippen LogP contribution in [-0.4, -0.2) is 15.7 Å². The number of rotatable bonds is 6. The van der Waals surface area contributed by atoms with Gasteiger partial charge in [-0.05, 0) is 24.6 Å². The fraction of sp³-hybridized carbons (Fsp3) is 0.188. The number of benzene rings is 1. The van der Waals surface area contributed by atoms with E-state index in [1.807, 2.05) is 37.3 Å². The summed E-state index contributed by atoms with van der Waals surface area (Å²) in [6.07, 6.45) is 1.76. The smallest absolute Gasteiger partial charge is 0.190 e. The highest BCUT2D eigenvalue weighted by Crippen LogP contribution is 2.21. The van der Waals surface area contributed by atoms with Crippen LogP contribution in [0.2, 0.25) is 0 Å². The number of anilines is 1. The molecule has 0 aliphatic rings. The maximum Gasteiger partial charge on any atom is 0.190 e. The summed E-state index contributed by atoms with van der Waals surface area (Å²) in [5, 5.41) is 9.73. The molecule has 1 aromatic heterocycles. The molecule has 0 unspecified atom stereocenters. The van der Waals surface area contributed by atoms with Gasteiger partial charge in [0.15, 0.2) is 5.16 Å². The topological polar surface area (TPSA) is 84.8 Å². The van der Waals surface area contributed by atoms with Gasteiger partial charge in [0, 0.05) is 5.75 Å². The van der Waals surface area contributed by atoms with Crippen LogP contribution >= 0.6 is 11.8 Å². The van der Waals surface area contributed by atoms with Gasteiger partial charge in [-0.15, -0.1) is 6.58 Å². The summed E-state index contributed by atoms with van der Waals surface area (Å²) in [7, 11) is 0. The molecule has 5 nitrogen and oxygen atoms in total. The lowest BCUT2D eigenvalue weighted by Crippen LogP contribution is -2.08. The maximum atomic E-state index is 9.22.